The first-order valence-electron chi connectivity index (χ1n) is 8.90. The largest absolute Gasteiger partial charge is 0.489 e. The summed E-state index contributed by atoms with van der Waals surface area (Å²) < 4.78 is 5.86. The van der Waals surface area contributed by atoms with Crippen molar-refractivity contribution in [2.24, 2.45) is 5.10 Å². The molecule has 1 aliphatic rings. The highest BCUT2D eigenvalue weighted by molar-refractivity contribution is 8.00. The molecule has 6 heteroatoms. The van der Waals surface area contributed by atoms with Crippen molar-refractivity contribution < 1.29 is 9.53 Å². The maximum absolute atomic E-state index is 11.9. The van der Waals surface area contributed by atoms with E-state index >= 15 is 0 Å². The van der Waals surface area contributed by atoms with Crippen LogP contribution in [0.1, 0.15) is 22.3 Å². The van der Waals surface area contributed by atoms with Gasteiger partial charge in [-0.1, -0.05) is 41.5 Å². The molecular weight excluding hydrogens is 376 g/mol. The zero-order chi connectivity index (χ0) is 19.1. The SMILES string of the molecule is Cc1cc(C)cc(CSCC(=O)N/N=C\c2cccc(OC3CSC3)c2)c1. The Kier molecular flexibility index (Phi) is 7.24. The van der Waals surface area contributed by atoms with E-state index in [1.165, 1.54) is 16.7 Å². The van der Waals surface area contributed by atoms with Crippen LogP contribution in [-0.2, 0) is 10.5 Å². The number of aryl methyl sites for hydroxylation is 2. The van der Waals surface area contributed by atoms with E-state index in [1.54, 1.807) is 18.0 Å². The fraction of sp³-hybridized carbons (Fsp3) is 0.333. The Bertz CT molecular complexity index is 799. The summed E-state index contributed by atoms with van der Waals surface area (Å²) in [5.74, 6) is 4.05. The molecule has 0 atom stereocenters. The molecule has 2 aromatic rings. The minimum Gasteiger partial charge on any atom is -0.489 e. The molecule has 0 aliphatic carbocycles. The third-order valence-corrected chi connectivity index (χ3v) is 6.17. The van der Waals surface area contributed by atoms with Crippen molar-refractivity contribution in [3.05, 3.63) is 64.7 Å². The molecule has 1 fully saturated rings. The van der Waals surface area contributed by atoms with Crippen LogP contribution < -0.4 is 10.2 Å². The molecule has 0 saturated carbocycles. The van der Waals surface area contributed by atoms with E-state index in [9.17, 15) is 4.79 Å². The average Bonchev–Trinajstić information content (AvgIpc) is 2.58. The maximum atomic E-state index is 11.9. The summed E-state index contributed by atoms with van der Waals surface area (Å²) in [5, 5.41) is 4.05. The zero-order valence-corrected chi connectivity index (χ0v) is 17.2. The molecule has 2 aromatic carbocycles. The first-order valence-corrected chi connectivity index (χ1v) is 11.2. The second-order valence-electron chi connectivity index (χ2n) is 6.63. The number of hydrazone groups is 1. The minimum atomic E-state index is -0.0977. The first kappa shape index (κ1) is 19.8. The number of benzene rings is 2. The number of carbonyl (C=O) groups is 1. The highest BCUT2D eigenvalue weighted by atomic mass is 32.2. The van der Waals surface area contributed by atoms with Gasteiger partial charge < -0.3 is 4.74 Å². The summed E-state index contributed by atoms with van der Waals surface area (Å²) in [4.78, 5) is 11.9. The monoisotopic (exact) mass is 400 g/mol. The van der Waals surface area contributed by atoms with Crippen molar-refractivity contribution in [2.75, 3.05) is 17.3 Å². The Morgan fingerprint density at radius 1 is 1.26 bits per heavy atom. The van der Waals surface area contributed by atoms with Gasteiger partial charge in [-0.3, -0.25) is 4.79 Å². The molecule has 1 amide bonds. The molecule has 0 bridgehead atoms. The molecule has 1 aliphatic heterocycles. The molecule has 0 radical (unpaired) electrons. The quantitative estimate of drug-likeness (QED) is 0.533. The molecule has 0 unspecified atom stereocenters. The number of thioether (sulfide) groups is 2. The van der Waals surface area contributed by atoms with Crippen molar-refractivity contribution in [1.82, 2.24) is 5.43 Å². The van der Waals surface area contributed by atoms with Gasteiger partial charge in [0.05, 0.1) is 12.0 Å². The number of ether oxygens (including phenoxy) is 1. The van der Waals surface area contributed by atoms with Crippen molar-refractivity contribution >= 4 is 35.6 Å². The number of hydrogen-bond acceptors (Lipinski definition) is 5. The van der Waals surface area contributed by atoms with Crippen LogP contribution in [0.2, 0.25) is 0 Å². The lowest BCUT2D eigenvalue weighted by atomic mass is 10.1. The standard InChI is InChI=1S/C21H24N2O2S2/c1-15-6-16(2)8-18(7-15)11-26-14-21(24)23-22-10-17-4-3-5-19(9-17)25-20-12-27-13-20/h3-10,20H,11-14H2,1-2H3,(H,23,24)/b22-10-. The Hall–Kier alpha value is -1.92. The van der Waals surface area contributed by atoms with E-state index in [0.717, 1.165) is 28.6 Å². The lowest BCUT2D eigenvalue weighted by molar-refractivity contribution is -0.118. The second kappa shape index (κ2) is 9.85. The lowest BCUT2D eigenvalue weighted by Crippen LogP contribution is -2.31. The maximum Gasteiger partial charge on any atom is 0.250 e. The van der Waals surface area contributed by atoms with Crippen LogP contribution in [0.4, 0.5) is 0 Å². The Morgan fingerprint density at radius 3 is 2.74 bits per heavy atom. The van der Waals surface area contributed by atoms with Gasteiger partial charge in [-0.25, -0.2) is 5.43 Å². The van der Waals surface area contributed by atoms with Crippen molar-refractivity contribution in [2.45, 2.75) is 25.7 Å². The summed E-state index contributed by atoms with van der Waals surface area (Å²) in [7, 11) is 0. The van der Waals surface area contributed by atoms with Gasteiger partial charge in [0, 0.05) is 17.3 Å². The first-order chi connectivity index (χ1) is 13.1. The summed E-state index contributed by atoms with van der Waals surface area (Å²) in [6.45, 7) is 4.18. The predicted molar refractivity (Wildman–Crippen MR) is 116 cm³/mol. The third-order valence-electron chi connectivity index (χ3n) is 3.95. The van der Waals surface area contributed by atoms with Gasteiger partial charge in [0.15, 0.2) is 0 Å². The fourth-order valence-corrected chi connectivity index (χ4v) is 4.09. The van der Waals surface area contributed by atoms with Crippen molar-refractivity contribution in [1.29, 1.82) is 0 Å². The van der Waals surface area contributed by atoms with Gasteiger partial charge in [0.2, 0.25) is 5.91 Å². The van der Waals surface area contributed by atoms with E-state index < -0.39 is 0 Å². The van der Waals surface area contributed by atoms with E-state index in [0.29, 0.717) is 11.9 Å². The van der Waals surface area contributed by atoms with Gasteiger partial charge in [-0.2, -0.15) is 16.9 Å². The highest BCUT2D eigenvalue weighted by Crippen LogP contribution is 2.24. The predicted octanol–water partition coefficient (Wildman–Crippen LogP) is 4.18. The molecule has 3 rings (SSSR count). The van der Waals surface area contributed by atoms with Crippen molar-refractivity contribution in [3.63, 3.8) is 0 Å². The number of rotatable bonds is 8. The number of amides is 1. The number of nitrogens with one attached hydrogen (secondary N) is 1. The third kappa shape index (κ3) is 6.63. The van der Waals surface area contributed by atoms with Gasteiger partial charge in [-0.05, 0) is 37.1 Å². The molecule has 4 nitrogen and oxygen atoms in total. The minimum absolute atomic E-state index is 0.0977. The van der Waals surface area contributed by atoms with Gasteiger partial charge in [-0.15, -0.1) is 11.8 Å². The smallest absolute Gasteiger partial charge is 0.250 e. The summed E-state index contributed by atoms with van der Waals surface area (Å²) >= 11 is 3.48. The number of hydrogen-bond donors (Lipinski definition) is 1. The molecule has 142 valence electrons. The molecule has 1 heterocycles. The molecule has 27 heavy (non-hydrogen) atoms. The van der Waals surface area contributed by atoms with Gasteiger partial charge in [0.1, 0.15) is 11.9 Å². The van der Waals surface area contributed by atoms with Crippen LogP contribution >= 0.6 is 23.5 Å². The molecule has 0 aromatic heterocycles. The summed E-state index contributed by atoms with van der Waals surface area (Å²) in [5.41, 5.74) is 7.24. The normalized spacial score (nSPS) is 14.1. The zero-order valence-electron chi connectivity index (χ0n) is 15.6. The summed E-state index contributed by atoms with van der Waals surface area (Å²) in [6.07, 6.45) is 1.96. The second-order valence-corrected chi connectivity index (χ2v) is 8.69. The van der Waals surface area contributed by atoms with Gasteiger partial charge >= 0.3 is 0 Å². The lowest BCUT2D eigenvalue weighted by Gasteiger charge is -2.25. The molecule has 0 spiro atoms. The van der Waals surface area contributed by atoms with Crippen molar-refractivity contribution in [3.8, 4) is 5.75 Å². The Morgan fingerprint density at radius 2 is 2.04 bits per heavy atom. The highest BCUT2D eigenvalue weighted by Gasteiger charge is 2.19. The number of nitrogens with zero attached hydrogens (tertiary/aromatic N) is 1. The van der Waals surface area contributed by atoms with Crippen LogP contribution in [-0.4, -0.2) is 35.5 Å². The van der Waals surface area contributed by atoms with E-state index in [2.05, 4.69) is 42.6 Å². The fourth-order valence-electron chi connectivity index (χ4n) is 2.77. The van der Waals surface area contributed by atoms with Crippen LogP contribution in [0.15, 0.2) is 47.6 Å². The van der Waals surface area contributed by atoms with Crippen LogP contribution in [0.3, 0.4) is 0 Å². The van der Waals surface area contributed by atoms with E-state index in [1.807, 2.05) is 36.0 Å². The van der Waals surface area contributed by atoms with Crippen LogP contribution in [0.25, 0.3) is 0 Å². The molecule has 1 saturated heterocycles. The number of carbonyl (C=O) groups excluding carboxylic acids is 1. The van der Waals surface area contributed by atoms with E-state index in [4.69, 9.17) is 4.74 Å². The molecule has 1 N–H and O–H groups in total. The van der Waals surface area contributed by atoms with Crippen LogP contribution in [0.5, 0.6) is 5.75 Å². The Labute approximate surface area is 169 Å². The van der Waals surface area contributed by atoms with Gasteiger partial charge in [0.25, 0.3) is 0 Å². The summed E-state index contributed by atoms with van der Waals surface area (Å²) in [6, 6.07) is 14.2. The topological polar surface area (TPSA) is 50.7 Å². The molecular formula is C21H24N2O2S2. The van der Waals surface area contributed by atoms with E-state index in [-0.39, 0.29) is 5.91 Å². The average molecular weight is 401 g/mol. The van der Waals surface area contributed by atoms with Crippen LogP contribution in [0, 0.1) is 13.8 Å². The Balaban J connectivity index is 1.41.